The van der Waals surface area contributed by atoms with E-state index in [1.165, 1.54) is 5.56 Å². The first kappa shape index (κ1) is 18.1. The predicted molar refractivity (Wildman–Crippen MR) is 100 cm³/mol. The van der Waals surface area contributed by atoms with Crippen molar-refractivity contribution in [3.63, 3.8) is 0 Å². The van der Waals surface area contributed by atoms with Crippen LogP contribution >= 0.6 is 11.8 Å². The number of aryl methyl sites for hydroxylation is 1. The lowest BCUT2D eigenvalue weighted by Gasteiger charge is -2.39. The van der Waals surface area contributed by atoms with E-state index in [1.54, 1.807) is 0 Å². The highest BCUT2D eigenvalue weighted by Crippen LogP contribution is 2.21. The molecular weight excluding hydrogens is 306 g/mol. The zero-order chi connectivity index (χ0) is 16.8. The summed E-state index contributed by atoms with van der Waals surface area (Å²) in [7, 11) is 4.06. The molecule has 128 valence electrons. The zero-order valence-electron chi connectivity index (χ0n) is 14.7. The number of hydrogen-bond acceptors (Lipinski definition) is 3. The van der Waals surface area contributed by atoms with Gasteiger partial charge in [-0.15, -0.1) is 0 Å². The molecule has 0 bridgehead atoms. The van der Waals surface area contributed by atoms with E-state index < -0.39 is 0 Å². The highest BCUT2D eigenvalue weighted by atomic mass is 32.2. The number of carbonyl (C=O) groups is 1. The van der Waals surface area contributed by atoms with Gasteiger partial charge >= 0.3 is 6.03 Å². The van der Waals surface area contributed by atoms with Gasteiger partial charge in [0.15, 0.2) is 0 Å². The van der Waals surface area contributed by atoms with Gasteiger partial charge < -0.3 is 15.1 Å². The Morgan fingerprint density at radius 2 is 2.09 bits per heavy atom. The molecule has 23 heavy (non-hydrogen) atoms. The summed E-state index contributed by atoms with van der Waals surface area (Å²) in [6.45, 7) is 4.33. The van der Waals surface area contributed by atoms with Gasteiger partial charge in [-0.25, -0.2) is 4.79 Å². The number of carbonyl (C=O) groups excluding carboxylic acids is 1. The first-order valence-corrected chi connectivity index (χ1v) is 9.71. The fourth-order valence-corrected chi connectivity index (χ4v) is 3.69. The third-order valence-electron chi connectivity index (χ3n) is 4.68. The van der Waals surface area contributed by atoms with Crippen LogP contribution in [0.4, 0.5) is 10.5 Å². The first-order valence-electron chi connectivity index (χ1n) is 8.31. The molecule has 1 N–H and O–H groups in total. The van der Waals surface area contributed by atoms with E-state index in [4.69, 9.17) is 0 Å². The highest BCUT2D eigenvalue weighted by molar-refractivity contribution is 7.98. The molecule has 2 atom stereocenters. The number of hydrogen-bond donors (Lipinski definition) is 1. The normalized spacial score (nSPS) is 21.9. The molecular formula is C18H29N3OS. The molecule has 0 radical (unpaired) electrons. The number of nitrogens with zero attached hydrogens (tertiary/aromatic N) is 2. The van der Waals surface area contributed by atoms with Gasteiger partial charge in [0.1, 0.15) is 0 Å². The molecule has 1 fully saturated rings. The number of rotatable bonds is 5. The molecule has 1 aromatic rings. The maximum Gasteiger partial charge on any atom is 0.321 e. The van der Waals surface area contributed by atoms with Crippen molar-refractivity contribution in [2.75, 3.05) is 44.5 Å². The number of piperidine rings is 1. The molecule has 1 aliphatic rings. The number of thioether (sulfide) groups is 1. The minimum atomic E-state index is -0.0109. The standard InChI is InChI=1S/C18H29N3OS/c1-14-13-20(2)11-9-17(14)21(3)18(22)19-16-7-5-15(6-8-16)10-12-23-4/h5-8,14,17H,9-13H2,1-4H3,(H,19,22)/t14-,17-/m1/s1. The molecule has 2 rings (SSSR count). The summed E-state index contributed by atoms with van der Waals surface area (Å²) in [5.74, 6) is 1.63. The smallest absolute Gasteiger partial charge is 0.321 e. The quantitative estimate of drug-likeness (QED) is 0.896. The summed E-state index contributed by atoms with van der Waals surface area (Å²) < 4.78 is 0. The number of anilines is 1. The van der Waals surface area contributed by atoms with Crippen LogP contribution in [0.3, 0.4) is 0 Å². The molecule has 1 heterocycles. The summed E-state index contributed by atoms with van der Waals surface area (Å²) in [4.78, 5) is 16.7. The molecule has 0 unspecified atom stereocenters. The number of urea groups is 1. The monoisotopic (exact) mass is 335 g/mol. The Labute approximate surface area is 144 Å². The van der Waals surface area contributed by atoms with E-state index in [2.05, 4.69) is 42.6 Å². The fraction of sp³-hybridized carbons (Fsp3) is 0.611. The van der Waals surface area contributed by atoms with E-state index in [9.17, 15) is 4.79 Å². The lowest BCUT2D eigenvalue weighted by Crippen LogP contribution is -2.50. The zero-order valence-corrected chi connectivity index (χ0v) is 15.5. The summed E-state index contributed by atoms with van der Waals surface area (Å²) >= 11 is 1.85. The van der Waals surface area contributed by atoms with Crippen LogP contribution in [-0.2, 0) is 6.42 Å². The van der Waals surface area contributed by atoms with Crippen LogP contribution < -0.4 is 5.32 Å². The van der Waals surface area contributed by atoms with E-state index >= 15 is 0 Å². The Bertz CT molecular complexity index is 505. The molecule has 1 aliphatic heterocycles. The summed E-state index contributed by atoms with van der Waals surface area (Å²) in [6.07, 6.45) is 4.23. The van der Waals surface area contributed by atoms with Crippen LogP contribution in [0.15, 0.2) is 24.3 Å². The van der Waals surface area contributed by atoms with Gasteiger partial charge in [0, 0.05) is 25.3 Å². The summed E-state index contributed by atoms with van der Waals surface area (Å²) in [5.41, 5.74) is 2.19. The average Bonchev–Trinajstić information content (AvgIpc) is 2.53. The lowest BCUT2D eigenvalue weighted by molar-refractivity contribution is 0.113. The number of benzene rings is 1. The molecule has 0 aliphatic carbocycles. The minimum absolute atomic E-state index is 0.0109. The van der Waals surface area contributed by atoms with Gasteiger partial charge in [-0.1, -0.05) is 19.1 Å². The number of likely N-dealkylation sites (tertiary alicyclic amines) is 1. The van der Waals surface area contributed by atoms with Crippen LogP contribution in [0.1, 0.15) is 18.9 Å². The van der Waals surface area contributed by atoms with E-state index in [-0.39, 0.29) is 6.03 Å². The largest absolute Gasteiger partial charge is 0.324 e. The average molecular weight is 336 g/mol. The Morgan fingerprint density at radius 1 is 1.39 bits per heavy atom. The van der Waals surface area contributed by atoms with Gasteiger partial charge in [0.05, 0.1) is 0 Å². The summed E-state index contributed by atoms with van der Waals surface area (Å²) in [6, 6.07) is 8.50. The van der Waals surface area contributed by atoms with Crippen LogP contribution in [0.2, 0.25) is 0 Å². The molecule has 0 saturated carbocycles. The third kappa shape index (κ3) is 5.15. The van der Waals surface area contributed by atoms with Gasteiger partial charge in [-0.05, 0) is 62.1 Å². The molecule has 1 saturated heterocycles. The Hall–Kier alpha value is -1.20. The Morgan fingerprint density at radius 3 is 2.70 bits per heavy atom. The van der Waals surface area contributed by atoms with E-state index in [1.807, 2.05) is 35.8 Å². The topological polar surface area (TPSA) is 35.6 Å². The van der Waals surface area contributed by atoms with E-state index in [0.717, 1.165) is 37.4 Å². The number of nitrogens with one attached hydrogen (secondary N) is 1. The Balaban J connectivity index is 1.90. The first-order chi connectivity index (χ1) is 11.0. The predicted octanol–water partition coefficient (Wildman–Crippen LogP) is 3.40. The summed E-state index contributed by atoms with van der Waals surface area (Å²) in [5, 5.41) is 3.02. The van der Waals surface area contributed by atoms with Gasteiger partial charge in [0.2, 0.25) is 0 Å². The fourth-order valence-electron chi connectivity index (χ4n) is 3.25. The van der Waals surface area contributed by atoms with Crippen molar-refractivity contribution in [2.24, 2.45) is 5.92 Å². The molecule has 0 spiro atoms. The van der Waals surface area contributed by atoms with Crippen LogP contribution in [0.25, 0.3) is 0 Å². The second kappa shape index (κ2) is 8.60. The van der Waals surface area contributed by atoms with Crippen molar-refractivity contribution in [1.29, 1.82) is 0 Å². The Kier molecular flexibility index (Phi) is 6.78. The number of amides is 2. The van der Waals surface area contributed by atoms with E-state index in [0.29, 0.717) is 12.0 Å². The van der Waals surface area contributed by atoms with Gasteiger partial charge in [0.25, 0.3) is 0 Å². The van der Waals surface area contributed by atoms with Gasteiger partial charge in [-0.2, -0.15) is 11.8 Å². The van der Waals surface area contributed by atoms with Crippen molar-refractivity contribution in [1.82, 2.24) is 9.80 Å². The van der Waals surface area contributed by atoms with Crippen molar-refractivity contribution in [3.8, 4) is 0 Å². The van der Waals surface area contributed by atoms with Crippen LogP contribution in [0.5, 0.6) is 0 Å². The molecule has 0 aromatic heterocycles. The third-order valence-corrected chi connectivity index (χ3v) is 5.29. The van der Waals surface area contributed by atoms with Crippen LogP contribution in [0, 0.1) is 5.92 Å². The molecule has 5 heteroatoms. The maximum atomic E-state index is 12.5. The van der Waals surface area contributed by atoms with Crippen molar-refractivity contribution in [2.45, 2.75) is 25.8 Å². The van der Waals surface area contributed by atoms with Crippen molar-refractivity contribution < 1.29 is 4.79 Å². The maximum absolute atomic E-state index is 12.5. The molecule has 4 nitrogen and oxygen atoms in total. The van der Waals surface area contributed by atoms with Crippen molar-refractivity contribution >= 4 is 23.5 Å². The van der Waals surface area contributed by atoms with Gasteiger partial charge in [-0.3, -0.25) is 0 Å². The SMILES string of the molecule is CSCCc1ccc(NC(=O)N(C)[C@@H]2CCN(C)C[C@H]2C)cc1. The molecule has 1 aromatic carbocycles. The van der Waals surface area contributed by atoms with Crippen LogP contribution in [-0.4, -0.2) is 61.1 Å². The second-order valence-electron chi connectivity index (χ2n) is 6.58. The minimum Gasteiger partial charge on any atom is -0.324 e. The second-order valence-corrected chi connectivity index (χ2v) is 7.56. The van der Waals surface area contributed by atoms with Crippen molar-refractivity contribution in [3.05, 3.63) is 29.8 Å². The molecule has 2 amide bonds. The lowest BCUT2D eigenvalue weighted by atomic mass is 9.93. The highest BCUT2D eigenvalue weighted by Gasteiger charge is 2.29.